The van der Waals surface area contributed by atoms with Crippen molar-refractivity contribution in [2.45, 2.75) is 6.92 Å². The molecule has 0 saturated heterocycles. The smallest absolute Gasteiger partial charge is 0.198 e. The number of benzene rings is 2. The van der Waals surface area contributed by atoms with Gasteiger partial charge >= 0.3 is 0 Å². The lowest BCUT2D eigenvalue weighted by molar-refractivity contribution is 0.577. The third-order valence-corrected chi connectivity index (χ3v) is 3.66. The first-order valence-electron chi connectivity index (χ1n) is 7.44. The summed E-state index contributed by atoms with van der Waals surface area (Å²) in [5.74, 6) is 2.00. The fraction of sp³-hybridized carbons (Fsp3) is 0.0526. The number of nitrogens with one attached hydrogen (secondary N) is 1. The summed E-state index contributed by atoms with van der Waals surface area (Å²) in [6.07, 6.45) is 1.63. The summed E-state index contributed by atoms with van der Waals surface area (Å²) in [5, 5.41) is 4.36. The summed E-state index contributed by atoms with van der Waals surface area (Å²) in [5.41, 5.74) is 3.09. The van der Waals surface area contributed by atoms with Crippen LogP contribution in [-0.4, -0.2) is 9.97 Å². The van der Waals surface area contributed by atoms with Crippen LogP contribution in [0.3, 0.4) is 0 Å². The molecule has 0 aliphatic heterocycles. The number of para-hydroxylation sites is 1. The molecule has 23 heavy (non-hydrogen) atoms. The number of aromatic nitrogens is 2. The molecule has 0 unspecified atom stereocenters. The summed E-state index contributed by atoms with van der Waals surface area (Å²) >= 11 is 0. The molecule has 0 saturated carbocycles. The number of nitrogens with zero attached hydrogens (tertiary/aromatic N) is 2. The highest BCUT2D eigenvalue weighted by atomic mass is 16.3. The van der Waals surface area contributed by atoms with E-state index in [-0.39, 0.29) is 0 Å². The van der Waals surface area contributed by atoms with Gasteiger partial charge in [-0.25, -0.2) is 9.97 Å². The third kappa shape index (κ3) is 2.66. The first-order chi connectivity index (χ1) is 11.3. The molecule has 4 heteroatoms. The molecule has 4 aromatic rings. The van der Waals surface area contributed by atoms with Crippen molar-refractivity contribution in [3.05, 3.63) is 72.5 Å². The zero-order valence-corrected chi connectivity index (χ0v) is 12.7. The van der Waals surface area contributed by atoms with Crippen LogP contribution in [0.25, 0.3) is 22.5 Å². The molecule has 0 amide bonds. The first-order valence-corrected chi connectivity index (χ1v) is 7.44. The Morgan fingerprint density at radius 2 is 1.70 bits per heavy atom. The van der Waals surface area contributed by atoms with Crippen LogP contribution in [0.5, 0.6) is 0 Å². The monoisotopic (exact) mass is 301 g/mol. The lowest BCUT2D eigenvalue weighted by Gasteiger charge is -2.10. The molecule has 0 aliphatic carbocycles. The molecule has 112 valence electrons. The Morgan fingerprint density at radius 1 is 0.870 bits per heavy atom. The summed E-state index contributed by atoms with van der Waals surface area (Å²) < 4.78 is 5.44. The molecule has 1 N–H and O–H groups in total. The lowest BCUT2D eigenvalue weighted by atomic mass is 10.2. The van der Waals surface area contributed by atoms with E-state index in [1.54, 1.807) is 6.26 Å². The van der Waals surface area contributed by atoms with E-state index in [0.717, 1.165) is 22.4 Å². The Morgan fingerprint density at radius 3 is 2.48 bits per heavy atom. The number of hydrogen-bond donors (Lipinski definition) is 1. The second kappa shape index (κ2) is 5.57. The second-order valence-corrected chi connectivity index (χ2v) is 5.38. The van der Waals surface area contributed by atoms with E-state index in [1.807, 2.05) is 48.5 Å². The van der Waals surface area contributed by atoms with Gasteiger partial charge in [0, 0.05) is 11.1 Å². The van der Waals surface area contributed by atoms with Crippen molar-refractivity contribution in [3.8, 4) is 11.6 Å². The van der Waals surface area contributed by atoms with Crippen LogP contribution in [0.1, 0.15) is 5.56 Å². The predicted octanol–water partition coefficient (Wildman–Crippen LogP) is 4.94. The van der Waals surface area contributed by atoms with Crippen molar-refractivity contribution in [3.63, 3.8) is 0 Å². The van der Waals surface area contributed by atoms with E-state index in [0.29, 0.717) is 11.6 Å². The fourth-order valence-electron chi connectivity index (χ4n) is 2.46. The van der Waals surface area contributed by atoms with Crippen molar-refractivity contribution in [2.24, 2.45) is 0 Å². The quantitative estimate of drug-likeness (QED) is 0.582. The minimum atomic E-state index is 0.573. The van der Waals surface area contributed by atoms with Crippen molar-refractivity contribution in [1.29, 1.82) is 0 Å². The molecule has 0 spiro atoms. The van der Waals surface area contributed by atoms with E-state index in [9.17, 15) is 0 Å². The fourth-order valence-corrected chi connectivity index (χ4v) is 2.46. The highest BCUT2D eigenvalue weighted by molar-refractivity contribution is 5.92. The summed E-state index contributed by atoms with van der Waals surface area (Å²) in [6, 6.07) is 19.9. The van der Waals surface area contributed by atoms with Crippen LogP contribution < -0.4 is 5.32 Å². The van der Waals surface area contributed by atoms with Gasteiger partial charge in [-0.05, 0) is 43.3 Å². The zero-order chi connectivity index (χ0) is 15.6. The topological polar surface area (TPSA) is 51.0 Å². The Kier molecular flexibility index (Phi) is 3.27. The van der Waals surface area contributed by atoms with Gasteiger partial charge < -0.3 is 9.73 Å². The molecule has 0 bridgehead atoms. The van der Waals surface area contributed by atoms with Gasteiger partial charge in [-0.3, -0.25) is 0 Å². The molecule has 2 aromatic heterocycles. The normalized spacial score (nSPS) is 10.8. The molecule has 2 heterocycles. The van der Waals surface area contributed by atoms with Crippen LogP contribution in [-0.2, 0) is 0 Å². The van der Waals surface area contributed by atoms with E-state index in [1.165, 1.54) is 5.56 Å². The Labute approximate surface area is 133 Å². The molecule has 0 atom stereocenters. The average Bonchev–Trinajstić information content (AvgIpc) is 3.11. The Hall–Kier alpha value is -3.14. The Bertz CT molecular complexity index is 944. The van der Waals surface area contributed by atoms with Crippen molar-refractivity contribution >= 4 is 22.4 Å². The molecule has 0 radical (unpaired) electrons. The van der Waals surface area contributed by atoms with Gasteiger partial charge in [0.05, 0.1) is 11.8 Å². The molecular formula is C19H15N3O. The molecule has 4 rings (SSSR count). The van der Waals surface area contributed by atoms with Crippen LogP contribution in [0, 0.1) is 6.92 Å². The predicted molar refractivity (Wildman–Crippen MR) is 91.7 cm³/mol. The SMILES string of the molecule is Cc1ccc(Nc2nc(-c3ccco3)nc3ccccc23)cc1. The number of furan rings is 1. The minimum Gasteiger partial charge on any atom is -0.461 e. The maximum atomic E-state index is 5.44. The van der Waals surface area contributed by atoms with Gasteiger partial charge in [0.1, 0.15) is 5.82 Å². The molecule has 2 aromatic carbocycles. The molecular weight excluding hydrogens is 286 g/mol. The van der Waals surface area contributed by atoms with Crippen molar-refractivity contribution < 1.29 is 4.42 Å². The highest BCUT2D eigenvalue weighted by Crippen LogP contribution is 2.27. The maximum absolute atomic E-state index is 5.44. The van der Waals surface area contributed by atoms with E-state index >= 15 is 0 Å². The summed E-state index contributed by atoms with van der Waals surface area (Å²) in [6.45, 7) is 2.07. The lowest BCUT2D eigenvalue weighted by Crippen LogP contribution is -1.99. The average molecular weight is 301 g/mol. The van der Waals surface area contributed by atoms with Gasteiger partial charge in [-0.15, -0.1) is 0 Å². The van der Waals surface area contributed by atoms with E-state index in [4.69, 9.17) is 4.42 Å². The summed E-state index contributed by atoms with van der Waals surface area (Å²) in [7, 11) is 0. The van der Waals surface area contributed by atoms with Gasteiger partial charge in [0.15, 0.2) is 11.6 Å². The first kappa shape index (κ1) is 13.5. The number of fused-ring (bicyclic) bond motifs is 1. The van der Waals surface area contributed by atoms with E-state index in [2.05, 4.69) is 34.3 Å². The maximum Gasteiger partial charge on any atom is 0.198 e. The minimum absolute atomic E-state index is 0.573. The third-order valence-electron chi connectivity index (χ3n) is 3.66. The molecule has 0 aliphatic rings. The van der Waals surface area contributed by atoms with Crippen LogP contribution in [0.4, 0.5) is 11.5 Å². The van der Waals surface area contributed by atoms with Crippen LogP contribution >= 0.6 is 0 Å². The number of aryl methyl sites for hydroxylation is 1. The highest BCUT2D eigenvalue weighted by Gasteiger charge is 2.11. The Balaban J connectivity index is 1.84. The van der Waals surface area contributed by atoms with Crippen LogP contribution in [0.15, 0.2) is 71.3 Å². The van der Waals surface area contributed by atoms with Crippen molar-refractivity contribution in [1.82, 2.24) is 9.97 Å². The summed E-state index contributed by atoms with van der Waals surface area (Å²) in [4.78, 5) is 9.23. The van der Waals surface area contributed by atoms with Crippen molar-refractivity contribution in [2.75, 3.05) is 5.32 Å². The standard InChI is InChI=1S/C19H15N3O/c1-13-8-10-14(11-9-13)20-18-15-5-2-3-6-16(15)21-19(22-18)17-7-4-12-23-17/h2-12H,1H3,(H,20,21,22). The van der Waals surface area contributed by atoms with Gasteiger partial charge in [0.25, 0.3) is 0 Å². The molecule has 4 nitrogen and oxygen atoms in total. The van der Waals surface area contributed by atoms with Gasteiger partial charge in [-0.1, -0.05) is 29.8 Å². The van der Waals surface area contributed by atoms with Gasteiger partial charge in [0.2, 0.25) is 0 Å². The second-order valence-electron chi connectivity index (χ2n) is 5.38. The van der Waals surface area contributed by atoms with Crippen LogP contribution in [0.2, 0.25) is 0 Å². The number of rotatable bonds is 3. The largest absolute Gasteiger partial charge is 0.461 e. The molecule has 0 fully saturated rings. The van der Waals surface area contributed by atoms with E-state index < -0.39 is 0 Å². The number of hydrogen-bond acceptors (Lipinski definition) is 4. The zero-order valence-electron chi connectivity index (χ0n) is 12.7. The number of anilines is 2. The van der Waals surface area contributed by atoms with Gasteiger partial charge in [-0.2, -0.15) is 0 Å².